The number of aliphatic hydroxyl groups is 1. The van der Waals surface area contributed by atoms with Crippen LogP contribution in [0.1, 0.15) is 22.8 Å². The Labute approximate surface area is 159 Å². The van der Waals surface area contributed by atoms with Gasteiger partial charge in [-0.25, -0.2) is 17.6 Å². The maximum absolute atomic E-state index is 12.3. The van der Waals surface area contributed by atoms with Crippen LogP contribution >= 0.6 is 31.9 Å². The van der Waals surface area contributed by atoms with E-state index in [2.05, 4.69) is 31.9 Å². The lowest BCUT2D eigenvalue weighted by Crippen LogP contribution is -2.30. The normalized spacial score (nSPS) is 13.2. The quantitative estimate of drug-likeness (QED) is 0.437. The van der Waals surface area contributed by atoms with Gasteiger partial charge in [-0.15, -0.1) is 0 Å². The first-order valence-electron chi connectivity index (χ1n) is 6.90. The van der Waals surface area contributed by atoms with Crippen molar-refractivity contribution in [2.45, 2.75) is 25.4 Å². The van der Waals surface area contributed by atoms with Crippen LogP contribution in [0.25, 0.3) is 0 Å². The molecule has 0 fully saturated rings. The number of carbonyl (C=O) groups excluding carboxylic acids is 1. The topological polar surface area (TPSA) is 37.3 Å². The largest absolute Gasteiger partial charge is 0.379 e. The Bertz CT molecular complexity index is 687. The van der Waals surface area contributed by atoms with Gasteiger partial charge < -0.3 is 5.11 Å². The van der Waals surface area contributed by atoms with Crippen LogP contribution in [0, 0.1) is 0 Å². The fourth-order valence-corrected chi connectivity index (χ4v) is 2.18. The summed E-state index contributed by atoms with van der Waals surface area (Å²) >= 11 is 6.31. The second-order valence-corrected chi connectivity index (χ2v) is 6.96. The van der Waals surface area contributed by atoms with Gasteiger partial charge in [-0.2, -0.15) is 0 Å². The predicted molar refractivity (Wildman–Crippen MR) is 94.2 cm³/mol. The second kappa shape index (κ2) is 9.45. The summed E-state index contributed by atoms with van der Waals surface area (Å²) in [5.41, 5.74) is -1.82. The van der Waals surface area contributed by atoms with E-state index < -0.39 is 24.2 Å². The molecule has 0 heterocycles. The third-order valence-corrected chi connectivity index (χ3v) is 4.24. The van der Waals surface area contributed by atoms with Crippen LogP contribution in [-0.4, -0.2) is 23.7 Å². The first-order chi connectivity index (χ1) is 11.6. The van der Waals surface area contributed by atoms with Gasteiger partial charge in [-0.1, -0.05) is 56.1 Å². The summed E-state index contributed by atoms with van der Waals surface area (Å²) < 4.78 is 49.9. The Morgan fingerprint density at radius 3 is 1.68 bits per heavy atom. The molecule has 1 N–H and O–H groups in total. The van der Waals surface area contributed by atoms with E-state index in [1.807, 2.05) is 0 Å². The molecule has 1 unspecified atom stereocenters. The molecule has 25 heavy (non-hydrogen) atoms. The fraction of sp³-hybridized carbons (Fsp3) is 0.235. The van der Waals surface area contributed by atoms with E-state index in [0.29, 0.717) is 0 Å². The first-order valence-corrected chi connectivity index (χ1v) is 8.48. The molecule has 2 nitrogen and oxygen atoms in total. The molecule has 2 aromatic carbocycles. The third-order valence-electron chi connectivity index (χ3n) is 3.18. The molecule has 0 saturated carbocycles. The molecule has 0 spiro atoms. The zero-order valence-electron chi connectivity index (χ0n) is 12.9. The molecule has 0 bridgehead atoms. The third kappa shape index (κ3) is 6.52. The Kier molecular flexibility index (Phi) is 8.24. The molecule has 2 rings (SSSR count). The first kappa shape index (κ1) is 21.8. The summed E-state index contributed by atoms with van der Waals surface area (Å²) in [4.78, 5) is 10.7. The van der Waals surface area contributed by atoms with Gasteiger partial charge in [-0.05, 0) is 36.8 Å². The highest BCUT2D eigenvalue weighted by Crippen LogP contribution is 2.28. The number of benzene rings is 2. The zero-order chi connectivity index (χ0) is 19.2. The Balaban J connectivity index is 0.000000251. The lowest BCUT2D eigenvalue weighted by molar-refractivity contribution is -0.0883. The van der Waals surface area contributed by atoms with Crippen LogP contribution in [0.4, 0.5) is 17.6 Å². The van der Waals surface area contributed by atoms with E-state index in [-0.39, 0.29) is 11.1 Å². The molecule has 0 aliphatic heterocycles. The maximum Gasteiger partial charge on any atom is 0.300 e. The second-order valence-electron chi connectivity index (χ2n) is 5.13. The number of hydrogen-bond acceptors (Lipinski definition) is 2. The summed E-state index contributed by atoms with van der Waals surface area (Å²) in [5.74, 6) is -1.14. The fourth-order valence-electron chi connectivity index (χ4n) is 1.65. The lowest BCUT2D eigenvalue weighted by Gasteiger charge is -2.22. The minimum Gasteiger partial charge on any atom is -0.379 e. The van der Waals surface area contributed by atoms with Gasteiger partial charge in [0.1, 0.15) is 5.60 Å². The van der Waals surface area contributed by atoms with Gasteiger partial charge >= 0.3 is 6.43 Å². The molecule has 0 radical (unpaired) electrons. The van der Waals surface area contributed by atoms with E-state index in [0.717, 1.165) is 15.9 Å². The molecule has 0 aliphatic carbocycles. The van der Waals surface area contributed by atoms with Crippen LogP contribution in [0.2, 0.25) is 0 Å². The number of halogens is 6. The Hall–Kier alpha value is -1.25. The van der Waals surface area contributed by atoms with E-state index in [9.17, 15) is 27.5 Å². The molecular weight excluding hydrogens is 472 g/mol. The summed E-state index contributed by atoms with van der Waals surface area (Å²) in [5, 5.41) is 9.39. The van der Waals surface area contributed by atoms with Gasteiger partial charge in [0.15, 0.2) is 0 Å². The van der Waals surface area contributed by atoms with Gasteiger partial charge in [0.2, 0.25) is 5.78 Å². The SMILES string of the molecule is CC(O)(c1ccc(Br)cc1)C(F)F.O=C(c1ccc(Br)cc1)C(F)F. The average Bonchev–Trinajstić information content (AvgIpc) is 2.55. The number of rotatable bonds is 4. The Morgan fingerprint density at radius 2 is 1.32 bits per heavy atom. The van der Waals surface area contributed by atoms with Gasteiger partial charge in [-0.3, -0.25) is 4.79 Å². The average molecular weight is 486 g/mol. The lowest BCUT2D eigenvalue weighted by atomic mass is 9.97. The van der Waals surface area contributed by atoms with Crippen LogP contribution in [0.5, 0.6) is 0 Å². The number of ketones is 1. The molecule has 136 valence electrons. The number of carbonyl (C=O) groups is 1. The van der Waals surface area contributed by atoms with Crippen LogP contribution in [0.15, 0.2) is 57.5 Å². The van der Waals surface area contributed by atoms with Crippen molar-refractivity contribution in [2.75, 3.05) is 0 Å². The smallest absolute Gasteiger partial charge is 0.300 e. The summed E-state index contributed by atoms with van der Waals surface area (Å²) in [6.07, 6.45) is -5.71. The highest BCUT2D eigenvalue weighted by molar-refractivity contribution is 9.10. The van der Waals surface area contributed by atoms with Crippen molar-refractivity contribution >= 4 is 37.6 Å². The number of Topliss-reactive ketones (excluding diaryl/α,β-unsaturated/α-hetero) is 1. The maximum atomic E-state index is 12.3. The highest BCUT2D eigenvalue weighted by atomic mass is 79.9. The van der Waals surface area contributed by atoms with Crippen molar-refractivity contribution in [1.29, 1.82) is 0 Å². The number of alkyl halides is 4. The van der Waals surface area contributed by atoms with Crippen molar-refractivity contribution in [3.63, 3.8) is 0 Å². The van der Waals surface area contributed by atoms with E-state index in [1.165, 1.54) is 24.3 Å². The molecule has 1 atom stereocenters. The highest BCUT2D eigenvalue weighted by Gasteiger charge is 2.33. The van der Waals surface area contributed by atoms with Gasteiger partial charge in [0, 0.05) is 14.5 Å². The standard InChI is InChI=1S/C9H9BrF2O.C8H5BrF2O/c1-9(13,8(11)12)6-2-4-7(10)5-3-6;9-6-3-1-5(2-4-6)7(12)8(10)11/h2-5,8,13H,1H3;1-4,8H. The molecule has 8 heteroatoms. The summed E-state index contributed by atoms with van der Waals surface area (Å²) in [6.45, 7) is 1.10. The minimum absolute atomic E-state index is 0.0354. The van der Waals surface area contributed by atoms with Crippen molar-refractivity contribution in [3.05, 3.63) is 68.6 Å². The Morgan fingerprint density at radius 1 is 0.920 bits per heavy atom. The van der Waals surface area contributed by atoms with Crippen molar-refractivity contribution < 1.29 is 27.5 Å². The molecule has 0 aromatic heterocycles. The van der Waals surface area contributed by atoms with Crippen molar-refractivity contribution in [1.82, 2.24) is 0 Å². The van der Waals surface area contributed by atoms with Crippen molar-refractivity contribution in [3.8, 4) is 0 Å². The molecule has 0 amide bonds. The van der Waals surface area contributed by atoms with Crippen LogP contribution in [-0.2, 0) is 5.60 Å². The van der Waals surface area contributed by atoms with Gasteiger partial charge in [0.25, 0.3) is 6.43 Å². The molecule has 0 saturated heterocycles. The number of hydrogen-bond donors (Lipinski definition) is 1. The predicted octanol–water partition coefficient (Wildman–Crippen LogP) is 5.82. The van der Waals surface area contributed by atoms with E-state index >= 15 is 0 Å². The van der Waals surface area contributed by atoms with Crippen LogP contribution < -0.4 is 0 Å². The summed E-state index contributed by atoms with van der Waals surface area (Å²) in [6, 6.07) is 12.0. The van der Waals surface area contributed by atoms with E-state index in [4.69, 9.17) is 0 Å². The van der Waals surface area contributed by atoms with Crippen LogP contribution in [0.3, 0.4) is 0 Å². The molecule has 2 aromatic rings. The monoisotopic (exact) mass is 484 g/mol. The summed E-state index contributed by atoms with van der Waals surface area (Å²) in [7, 11) is 0. The minimum atomic E-state index is -2.92. The molecular formula is C17H14Br2F4O2. The van der Waals surface area contributed by atoms with Gasteiger partial charge in [0.05, 0.1) is 0 Å². The van der Waals surface area contributed by atoms with Crippen molar-refractivity contribution in [2.24, 2.45) is 0 Å². The molecule has 0 aliphatic rings. The zero-order valence-corrected chi connectivity index (χ0v) is 16.1. The van der Waals surface area contributed by atoms with E-state index in [1.54, 1.807) is 24.3 Å².